The first-order chi connectivity index (χ1) is 14.6. The molecule has 0 saturated heterocycles. The number of carbonyl (C=O) groups is 1. The van der Waals surface area contributed by atoms with Crippen LogP contribution >= 0.6 is 11.3 Å². The number of halogens is 3. The van der Waals surface area contributed by atoms with Crippen molar-refractivity contribution in [2.45, 2.75) is 6.67 Å². The van der Waals surface area contributed by atoms with Crippen LogP contribution in [0.5, 0.6) is 0 Å². The van der Waals surface area contributed by atoms with Crippen molar-refractivity contribution < 1.29 is 18.0 Å². The van der Waals surface area contributed by atoms with Gasteiger partial charge >= 0.3 is 0 Å². The number of alkyl halides is 1. The summed E-state index contributed by atoms with van der Waals surface area (Å²) >= 11 is 1.11. The van der Waals surface area contributed by atoms with Crippen LogP contribution in [0.3, 0.4) is 0 Å². The highest BCUT2D eigenvalue weighted by atomic mass is 32.1. The molecule has 0 aliphatic carbocycles. The number of hydrogen-bond acceptors (Lipinski definition) is 4. The van der Waals surface area contributed by atoms with Gasteiger partial charge in [-0.25, -0.2) is 18.2 Å². The fourth-order valence-electron chi connectivity index (χ4n) is 2.92. The highest BCUT2D eigenvalue weighted by molar-refractivity contribution is 7.19. The average Bonchev–Trinajstić information content (AvgIpc) is 3.18. The van der Waals surface area contributed by atoms with E-state index < -0.39 is 29.8 Å². The van der Waals surface area contributed by atoms with Crippen LogP contribution in [0, 0.1) is 11.6 Å². The third-order valence-electron chi connectivity index (χ3n) is 4.29. The number of anilines is 1. The van der Waals surface area contributed by atoms with Crippen LogP contribution in [0.4, 0.5) is 18.3 Å². The molecule has 150 valence electrons. The van der Waals surface area contributed by atoms with Gasteiger partial charge in [-0.1, -0.05) is 41.7 Å². The molecule has 0 saturated carbocycles. The predicted molar refractivity (Wildman–Crippen MR) is 110 cm³/mol. The van der Waals surface area contributed by atoms with Gasteiger partial charge in [-0.15, -0.1) is 0 Å². The molecule has 30 heavy (non-hydrogen) atoms. The summed E-state index contributed by atoms with van der Waals surface area (Å²) < 4.78 is 41.0. The Balaban J connectivity index is 1.77. The maximum atomic E-state index is 13.9. The maximum absolute atomic E-state index is 13.9. The minimum absolute atomic E-state index is 0.143. The summed E-state index contributed by atoms with van der Waals surface area (Å²) in [6, 6.07) is 15.3. The van der Waals surface area contributed by atoms with E-state index >= 15 is 0 Å². The van der Waals surface area contributed by atoms with E-state index in [1.165, 1.54) is 6.07 Å². The lowest BCUT2D eigenvalue weighted by Crippen LogP contribution is -2.15. The van der Waals surface area contributed by atoms with Crippen molar-refractivity contribution in [2.75, 3.05) is 5.32 Å². The Hall–Kier alpha value is -3.52. The molecular formula is C22H14F3N3OS. The molecule has 0 unspecified atom stereocenters. The fraction of sp³-hybridized carbons (Fsp3) is 0.0455. The summed E-state index contributed by atoms with van der Waals surface area (Å²) in [4.78, 5) is 21.8. The quantitative estimate of drug-likeness (QED) is 0.435. The Morgan fingerprint density at radius 2 is 1.77 bits per heavy atom. The second-order valence-corrected chi connectivity index (χ2v) is 7.30. The molecule has 4 aromatic rings. The highest BCUT2D eigenvalue weighted by Crippen LogP contribution is 2.39. The molecule has 4 rings (SSSR count). The van der Waals surface area contributed by atoms with Gasteiger partial charge in [0.25, 0.3) is 5.91 Å². The Morgan fingerprint density at radius 3 is 2.47 bits per heavy atom. The molecular weight excluding hydrogens is 411 g/mol. The lowest BCUT2D eigenvalue weighted by molar-refractivity contribution is 0.101. The number of pyridine rings is 1. The summed E-state index contributed by atoms with van der Waals surface area (Å²) in [5, 5.41) is 2.60. The van der Waals surface area contributed by atoms with E-state index in [0.717, 1.165) is 23.5 Å². The first kappa shape index (κ1) is 19.8. The van der Waals surface area contributed by atoms with Crippen molar-refractivity contribution in [2.24, 2.45) is 0 Å². The maximum Gasteiger partial charge on any atom is 0.263 e. The van der Waals surface area contributed by atoms with Gasteiger partial charge in [0.1, 0.15) is 29.6 Å². The number of nitrogens with zero attached hydrogens (tertiary/aromatic N) is 2. The minimum atomic E-state index is -0.968. The molecule has 1 amide bonds. The van der Waals surface area contributed by atoms with E-state index in [2.05, 4.69) is 15.3 Å². The smallest absolute Gasteiger partial charge is 0.263 e. The fourth-order valence-corrected chi connectivity index (χ4v) is 3.88. The predicted octanol–water partition coefficient (Wildman–Crippen LogP) is 5.87. The lowest BCUT2D eigenvalue weighted by Gasteiger charge is -2.04. The second-order valence-electron chi connectivity index (χ2n) is 6.30. The molecule has 2 aromatic heterocycles. The van der Waals surface area contributed by atoms with E-state index in [0.29, 0.717) is 27.4 Å². The van der Waals surface area contributed by atoms with Gasteiger partial charge in [0.2, 0.25) is 0 Å². The van der Waals surface area contributed by atoms with Crippen molar-refractivity contribution in [3.8, 4) is 21.8 Å². The molecule has 0 bridgehead atoms. The Labute approximate surface area is 174 Å². The Morgan fingerprint density at radius 1 is 1.00 bits per heavy atom. The zero-order chi connectivity index (χ0) is 21.1. The van der Waals surface area contributed by atoms with Crippen LogP contribution in [0.1, 0.15) is 15.9 Å². The Bertz CT molecular complexity index is 1190. The van der Waals surface area contributed by atoms with Gasteiger partial charge in [-0.05, 0) is 41.5 Å². The van der Waals surface area contributed by atoms with Gasteiger partial charge in [0.15, 0.2) is 5.13 Å². The van der Waals surface area contributed by atoms with Crippen molar-refractivity contribution in [3.05, 3.63) is 89.6 Å². The lowest BCUT2D eigenvalue weighted by atomic mass is 10.1. The van der Waals surface area contributed by atoms with Gasteiger partial charge < -0.3 is 0 Å². The van der Waals surface area contributed by atoms with Crippen LogP contribution in [-0.2, 0) is 6.67 Å². The van der Waals surface area contributed by atoms with E-state index in [4.69, 9.17) is 0 Å². The molecule has 0 atom stereocenters. The van der Waals surface area contributed by atoms with E-state index in [-0.39, 0.29) is 5.13 Å². The second kappa shape index (κ2) is 8.46. The van der Waals surface area contributed by atoms with Crippen LogP contribution < -0.4 is 5.32 Å². The van der Waals surface area contributed by atoms with Crippen molar-refractivity contribution in [1.82, 2.24) is 9.97 Å². The first-order valence-corrected chi connectivity index (χ1v) is 9.71. The third-order valence-corrected chi connectivity index (χ3v) is 5.31. The van der Waals surface area contributed by atoms with Crippen LogP contribution in [0.15, 0.2) is 66.9 Å². The summed E-state index contributed by atoms with van der Waals surface area (Å²) in [5.41, 5.74) is 1.52. The number of hydrogen-bond donors (Lipinski definition) is 1. The molecule has 0 fully saturated rings. The van der Waals surface area contributed by atoms with Crippen LogP contribution in [-0.4, -0.2) is 15.9 Å². The summed E-state index contributed by atoms with van der Waals surface area (Å²) in [7, 11) is 0. The number of aromatic nitrogens is 2. The summed E-state index contributed by atoms with van der Waals surface area (Å²) in [6.45, 7) is -0.623. The zero-order valence-electron chi connectivity index (χ0n) is 15.4. The number of thiazole rings is 1. The molecule has 0 radical (unpaired) electrons. The topological polar surface area (TPSA) is 54.9 Å². The molecule has 2 heterocycles. The Kier molecular flexibility index (Phi) is 5.58. The largest absolute Gasteiger partial charge is 0.298 e. The van der Waals surface area contributed by atoms with Crippen molar-refractivity contribution >= 4 is 22.4 Å². The van der Waals surface area contributed by atoms with E-state index in [1.54, 1.807) is 48.7 Å². The van der Waals surface area contributed by atoms with Gasteiger partial charge in [-0.2, -0.15) is 0 Å². The van der Waals surface area contributed by atoms with Crippen LogP contribution in [0.25, 0.3) is 21.8 Å². The number of nitrogens with one attached hydrogen (secondary N) is 1. The molecule has 0 aliphatic heterocycles. The molecule has 0 aliphatic rings. The number of benzene rings is 2. The van der Waals surface area contributed by atoms with Crippen molar-refractivity contribution in [3.63, 3.8) is 0 Å². The monoisotopic (exact) mass is 425 g/mol. The van der Waals surface area contributed by atoms with E-state index in [1.807, 2.05) is 0 Å². The minimum Gasteiger partial charge on any atom is -0.298 e. The third kappa shape index (κ3) is 3.95. The number of carbonyl (C=O) groups excluding carboxylic acids is 1. The number of rotatable bonds is 5. The van der Waals surface area contributed by atoms with Crippen LogP contribution in [0.2, 0.25) is 0 Å². The zero-order valence-corrected chi connectivity index (χ0v) is 16.2. The van der Waals surface area contributed by atoms with Gasteiger partial charge in [0.05, 0.1) is 10.6 Å². The van der Waals surface area contributed by atoms with Gasteiger partial charge in [0, 0.05) is 6.20 Å². The molecule has 2 aromatic carbocycles. The molecule has 8 heteroatoms. The first-order valence-electron chi connectivity index (χ1n) is 8.89. The number of amides is 1. The summed E-state index contributed by atoms with van der Waals surface area (Å²) in [6.07, 6.45) is 1.60. The molecule has 0 spiro atoms. The normalized spacial score (nSPS) is 10.8. The average molecular weight is 425 g/mol. The summed E-state index contributed by atoms with van der Waals surface area (Å²) in [5.74, 6) is -2.88. The molecule has 1 N–H and O–H groups in total. The standard InChI is InChI=1S/C22H14F3N3OS/c23-12-13-5-3-6-14(11-13)20-19(17-9-1-2-10-26-17)27-22(30-20)28-21(29)18-15(24)7-4-8-16(18)25/h1-11H,12H2,(H,27,28,29). The highest BCUT2D eigenvalue weighted by Gasteiger charge is 2.21. The van der Waals surface area contributed by atoms with E-state index in [9.17, 15) is 18.0 Å². The van der Waals surface area contributed by atoms with Gasteiger partial charge in [-0.3, -0.25) is 15.1 Å². The van der Waals surface area contributed by atoms with Crippen molar-refractivity contribution in [1.29, 1.82) is 0 Å². The SMILES string of the molecule is O=C(Nc1nc(-c2ccccn2)c(-c2cccc(CF)c2)s1)c1c(F)cccc1F. The molecule has 4 nitrogen and oxygen atoms in total.